The molecule has 1 aliphatic heterocycles. The van der Waals surface area contributed by atoms with Crippen molar-refractivity contribution < 1.29 is 14.3 Å². The Hall–Kier alpha value is -4.14. The molecule has 1 amide bonds. The number of rotatable bonds is 5. The van der Waals surface area contributed by atoms with Crippen LogP contribution in [0.2, 0.25) is 0 Å². The summed E-state index contributed by atoms with van der Waals surface area (Å²) in [5, 5.41) is 6.14. The van der Waals surface area contributed by atoms with Gasteiger partial charge in [0.05, 0.1) is 19.0 Å². The zero-order chi connectivity index (χ0) is 22.8. The second kappa shape index (κ2) is 8.54. The first-order valence-corrected chi connectivity index (χ1v) is 9.94. The highest BCUT2D eigenvalue weighted by Gasteiger charge is 2.31. The van der Waals surface area contributed by atoms with Crippen molar-refractivity contribution >= 4 is 17.6 Å². The van der Waals surface area contributed by atoms with Crippen molar-refractivity contribution in [2.45, 2.75) is 6.23 Å². The average molecular weight is 432 g/mol. The van der Waals surface area contributed by atoms with E-state index in [2.05, 4.69) is 10.1 Å². The van der Waals surface area contributed by atoms with Gasteiger partial charge in [-0.25, -0.2) is 9.97 Å². The molecule has 1 atom stereocenters. The van der Waals surface area contributed by atoms with Crippen LogP contribution in [0.5, 0.6) is 5.75 Å². The Kier molecular flexibility index (Phi) is 5.63. The second-order valence-electron chi connectivity index (χ2n) is 7.48. The van der Waals surface area contributed by atoms with Gasteiger partial charge >= 0.3 is 0 Å². The highest BCUT2D eigenvalue weighted by Crippen LogP contribution is 2.32. The number of ether oxygens (including phenoxy) is 2. The summed E-state index contributed by atoms with van der Waals surface area (Å²) in [4.78, 5) is 22.7. The van der Waals surface area contributed by atoms with E-state index in [0.717, 1.165) is 11.1 Å². The predicted octanol–water partition coefficient (Wildman–Crippen LogP) is 2.76. The Balaban J connectivity index is 1.60. The number of nitrogens with two attached hydrogens (primary N) is 1. The molecule has 0 radical (unpaired) electrons. The van der Waals surface area contributed by atoms with Crippen LogP contribution >= 0.6 is 0 Å². The molecule has 2 heterocycles. The van der Waals surface area contributed by atoms with E-state index in [-0.39, 0.29) is 11.7 Å². The lowest BCUT2D eigenvalue weighted by atomic mass is 10.1. The molecule has 164 valence electrons. The molecule has 0 fully saturated rings. The van der Waals surface area contributed by atoms with Gasteiger partial charge in [0.15, 0.2) is 5.82 Å². The Morgan fingerprint density at radius 1 is 1.16 bits per heavy atom. The van der Waals surface area contributed by atoms with E-state index in [1.54, 1.807) is 51.6 Å². The van der Waals surface area contributed by atoms with Gasteiger partial charge in [0.1, 0.15) is 11.4 Å². The number of nitrogens with zero attached hydrogens (tertiary/aromatic N) is 5. The molecule has 0 spiro atoms. The number of methoxy groups -OCH3 is 1. The number of carbonyl (C=O) groups excluding carboxylic acids is 1. The van der Waals surface area contributed by atoms with Gasteiger partial charge in [-0.3, -0.25) is 9.80 Å². The first-order chi connectivity index (χ1) is 15.4. The normalized spacial score (nSPS) is 15.2. The van der Waals surface area contributed by atoms with Crippen LogP contribution in [0.25, 0.3) is 11.3 Å². The molecular weight excluding hydrogens is 408 g/mol. The molecule has 1 aromatic heterocycles. The molecule has 3 aromatic rings. The van der Waals surface area contributed by atoms with Crippen LogP contribution < -0.4 is 10.5 Å². The molecule has 0 aliphatic carbocycles. The zero-order valence-electron chi connectivity index (χ0n) is 18.3. The Bertz CT molecular complexity index is 1180. The van der Waals surface area contributed by atoms with Gasteiger partial charge in [-0.2, -0.15) is 0 Å². The van der Waals surface area contributed by atoms with Crippen molar-refractivity contribution in [3.63, 3.8) is 0 Å². The van der Waals surface area contributed by atoms with E-state index >= 15 is 0 Å². The third-order valence-corrected chi connectivity index (χ3v) is 5.02. The fourth-order valence-corrected chi connectivity index (χ4v) is 3.29. The van der Waals surface area contributed by atoms with Gasteiger partial charge in [-0.05, 0) is 30.3 Å². The van der Waals surface area contributed by atoms with E-state index in [0.29, 0.717) is 28.6 Å². The van der Waals surface area contributed by atoms with Crippen molar-refractivity contribution in [2.75, 3.05) is 34.0 Å². The van der Waals surface area contributed by atoms with Gasteiger partial charge < -0.3 is 20.1 Å². The molecule has 0 saturated heterocycles. The van der Waals surface area contributed by atoms with E-state index in [1.807, 2.05) is 36.4 Å². The van der Waals surface area contributed by atoms with Crippen LogP contribution in [0.3, 0.4) is 0 Å². The maximum absolute atomic E-state index is 12.1. The van der Waals surface area contributed by atoms with Crippen LogP contribution in [-0.4, -0.2) is 59.9 Å². The number of hydrazone groups is 1. The molecule has 1 unspecified atom stereocenters. The van der Waals surface area contributed by atoms with Crippen LogP contribution in [0.15, 0.2) is 59.8 Å². The quantitative estimate of drug-likeness (QED) is 0.661. The van der Waals surface area contributed by atoms with E-state index in [9.17, 15) is 4.79 Å². The molecule has 9 heteroatoms. The summed E-state index contributed by atoms with van der Waals surface area (Å²) in [5.74, 6) is 1.34. The molecule has 0 bridgehead atoms. The number of anilines is 1. The monoisotopic (exact) mass is 432 g/mol. The second-order valence-corrected chi connectivity index (χ2v) is 7.48. The van der Waals surface area contributed by atoms with Crippen LogP contribution in [0, 0.1) is 0 Å². The number of hydrogen-bond donors (Lipinski definition) is 1. The summed E-state index contributed by atoms with van der Waals surface area (Å²) >= 11 is 0. The number of nitrogen functional groups attached to an aromatic ring is 1. The largest absolute Gasteiger partial charge is 0.497 e. The Morgan fingerprint density at radius 2 is 1.91 bits per heavy atom. The number of hydrogen-bond acceptors (Lipinski definition) is 8. The van der Waals surface area contributed by atoms with E-state index in [4.69, 9.17) is 20.2 Å². The van der Waals surface area contributed by atoms with Gasteiger partial charge in [-0.15, -0.1) is 5.10 Å². The Labute approximate surface area is 186 Å². The SMILES string of the molecule is COc1cccc(C2=NN(C)C(c3nc(-c4ccc(C(=O)N(C)C)cc4)cnc3N)O2)c1. The molecule has 2 aromatic carbocycles. The first-order valence-electron chi connectivity index (χ1n) is 9.94. The zero-order valence-corrected chi connectivity index (χ0v) is 18.3. The van der Waals surface area contributed by atoms with E-state index in [1.165, 1.54) is 4.90 Å². The standard InChI is InChI=1S/C23H24N6O3/c1-28(2)22(30)15-10-8-14(9-11-15)18-13-25-20(24)19(26-18)23-29(3)27-21(32-23)16-6-5-7-17(12-16)31-4/h5-13,23H,1-4H3,(H2,24,25). The van der Waals surface area contributed by atoms with Crippen molar-refractivity contribution in [2.24, 2.45) is 5.10 Å². The van der Waals surface area contributed by atoms with E-state index < -0.39 is 6.23 Å². The maximum Gasteiger partial charge on any atom is 0.253 e. The number of amides is 1. The van der Waals surface area contributed by atoms with Crippen molar-refractivity contribution in [3.8, 4) is 17.0 Å². The Morgan fingerprint density at radius 3 is 2.59 bits per heavy atom. The minimum atomic E-state index is -0.627. The van der Waals surface area contributed by atoms with Crippen LogP contribution in [0.1, 0.15) is 27.8 Å². The lowest BCUT2D eigenvalue weighted by Crippen LogP contribution is -2.21. The minimum Gasteiger partial charge on any atom is -0.497 e. The predicted molar refractivity (Wildman–Crippen MR) is 121 cm³/mol. The van der Waals surface area contributed by atoms with Gasteiger partial charge in [0.25, 0.3) is 5.91 Å². The number of benzene rings is 2. The third-order valence-electron chi connectivity index (χ3n) is 5.02. The fraction of sp³-hybridized carbons (Fsp3) is 0.217. The molecule has 9 nitrogen and oxygen atoms in total. The van der Waals surface area contributed by atoms with Gasteiger partial charge in [0.2, 0.25) is 12.1 Å². The van der Waals surface area contributed by atoms with Crippen molar-refractivity contribution in [1.29, 1.82) is 0 Å². The van der Waals surface area contributed by atoms with Crippen LogP contribution in [-0.2, 0) is 4.74 Å². The molecule has 4 rings (SSSR count). The summed E-state index contributed by atoms with van der Waals surface area (Å²) in [5.41, 5.74) is 9.39. The van der Waals surface area contributed by atoms with Crippen LogP contribution in [0.4, 0.5) is 5.82 Å². The first kappa shape index (κ1) is 21.1. The third kappa shape index (κ3) is 4.04. The molecule has 2 N–H and O–H groups in total. The van der Waals surface area contributed by atoms with Crippen molar-refractivity contribution in [3.05, 3.63) is 71.5 Å². The average Bonchev–Trinajstić information content (AvgIpc) is 3.20. The number of carbonyl (C=O) groups is 1. The summed E-state index contributed by atoms with van der Waals surface area (Å²) in [6.07, 6.45) is 0.971. The lowest BCUT2D eigenvalue weighted by molar-refractivity contribution is 0.0744. The van der Waals surface area contributed by atoms with Gasteiger partial charge in [0, 0.05) is 37.8 Å². The topological polar surface area (TPSA) is 106 Å². The highest BCUT2D eigenvalue weighted by atomic mass is 16.5. The molecule has 0 saturated carbocycles. The minimum absolute atomic E-state index is 0.0659. The van der Waals surface area contributed by atoms with Crippen molar-refractivity contribution in [1.82, 2.24) is 19.9 Å². The lowest BCUT2D eigenvalue weighted by Gasteiger charge is -2.19. The molecular formula is C23H24N6O3. The molecule has 32 heavy (non-hydrogen) atoms. The van der Waals surface area contributed by atoms with Gasteiger partial charge in [-0.1, -0.05) is 18.2 Å². The highest BCUT2D eigenvalue weighted by molar-refractivity contribution is 5.95. The summed E-state index contributed by atoms with van der Waals surface area (Å²) in [6, 6.07) is 14.6. The smallest absolute Gasteiger partial charge is 0.253 e. The molecule has 1 aliphatic rings. The summed E-state index contributed by atoms with van der Waals surface area (Å²) in [6.45, 7) is 0. The summed E-state index contributed by atoms with van der Waals surface area (Å²) < 4.78 is 11.4. The summed E-state index contributed by atoms with van der Waals surface area (Å²) in [7, 11) is 6.82. The maximum atomic E-state index is 12.1. The number of aromatic nitrogens is 2. The fourth-order valence-electron chi connectivity index (χ4n) is 3.29.